The molecule has 112 valence electrons. The third kappa shape index (κ3) is 3.61. The normalized spacial score (nSPS) is 20.1. The molecule has 20 heavy (non-hydrogen) atoms. The minimum atomic E-state index is 0.0525. The van der Waals surface area contributed by atoms with Gasteiger partial charge < -0.3 is 10.1 Å². The van der Waals surface area contributed by atoms with E-state index in [2.05, 4.69) is 26.3 Å². The number of nitrogens with zero attached hydrogens (tertiary/aromatic N) is 2. The lowest BCUT2D eigenvalue weighted by Gasteiger charge is -2.20. The van der Waals surface area contributed by atoms with Crippen LogP contribution in [0.15, 0.2) is 4.47 Å². The fourth-order valence-corrected chi connectivity index (χ4v) is 2.80. The first kappa shape index (κ1) is 15.5. The number of rotatable bonds is 5. The Morgan fingerprint density at radius 3 is 2.90 bits per heavy atom. The zero-order valence-electron chi connectivity index (χ0n) is 12.3. The highest BCUT2D eigenvalue weighted by Crippen LogP contribution is 2.20. The number of hydrogen-bond acceptors (Lipinski definition) is 3. The zero-order chi connectivity index (χ0) is 14.7. The molecule has 1 aliphatic heterocycles. The van der Waals surface area contributed by atoms with Crippen LogP contribution in [0.4, 0.5) is 0 Å². The van der Waals surface area contributed by atoms with Crippen LogP contribution in [0.1, 0.15) is 37.6 Å². The number of ether oxygens (including phenoxy) is 1. The summed E-state index contributed by atoms with van der Waals surface area (Å²) in [7, 11) is 0. The molecule has 6 heteroatoms. The second-order valence-electron chi connectivity index (χ2n) is 5.37. The Morgan fingerprint density at radius 2 is 2.35 bits per heavy atom. The van der Waals surface area contributed by atoms with Gasteiger partial charge in [-0.15, -0.1) is 0 Å². The molecule has 1 aliphatic rings. The van der Waals surface area contributed by atoms with Gasteiger partial charge in [0.25, 0.3) is 0 Å². The van der Waals surface area contributed by atoms with Crippen molar-refractivity contribution in [1.82, 2.24) is 15.1 Å². The predicted molar refractivity (Wildman–Crippen MR) is 80.6 cm³/mol. The number of aromatic nitrogens is 2. The van der Waals surface area contributed by atoms with Crippen molar-refractivity contribution in [2.45, 2.75) is 58.7 Å². The molecule has 5 nitrogen and oxygen atoms in total. The predicted octanol–water partition coefficient (Wildman–Crippen LogP) is 2.34. The quantitative estimate of drug-likeness (QED) is 0.892. The molecule has 1 aromatic heterocycles. The van der Waals surface area contributed by atoms with Crippen molar-refractivity contribution in [2.75, 3.05) is 6.61 Å². The largest absolute Gasteiger partial charge is 0.376 e. The molecule has 0 saturated carbocycles. The maximum absolute atomic E-state index is 12.0. The van der Waals surface area contributed by atoms with Gasteiger partial charge in [-0.25, -0.2) is 0 Å². The van der Waals surface area contributed by atoms with Crippen LogP contribution >= 0.6 is 15.9 Å². The van der Waals surface area contributed by atoms with Gasteiger partial charge in [0.2, 0.25) is 5.91 Å². The van der Waals surface area contributed by atoms with Crippen LogP contribution in [0, 0.1) is 13.8 Å². The summed E-state index contributed by atoms with van der Waals surface area (Å²) in [6.07, 6.45) is 2.73. The van der Waals surface area contributed by atoms with Crippen molar-refractivity contribution in [3.8, 4) is 0 Å². The molecular weight excluding hydrogens is 322 g/mol. The van der Waals surface area contributed by atoms with Crippen LogP contribution < -0.4 is 5.32 Å². The number of amides is 1. The van der Waals surface area contributed by atoms with E-state index in [1.54, 1.807) is 0 Å². The van der Waals surface area contributed by atoms with Gasteiger partial charge >= 0.3 is 0 Å². The summed E-state index contributed by atoms with van der Waals surface area (Å²) in [5.41, 5.74) is 2.01. The smallest absolute Gasteiger partial charge is 0.222 e. The van der Waals surface area contributed by atoms with E-state index in [-0.39, 0.29) is 18.1 Å². The molecule has 1 aromatic rings. The number of hydrogen-bond donors (Lipinski definition) is 1. The third-order valence-corrected chi connectivity index (χ3v) is 4.90. The fraction of sp³-hybridized carbons (Fsp3) is 0.714. The van der Waals surface area contributed by atoms with Crippen molar-refractivity contribution in [3.63, 3.8) is 0 Å². The van der Waals surface area contributed by atoms with Gasteiger partial charge in [0.1, 0.15) is 0 Å². The SMILES string of the molecule is Cc1nn(CCC(=O)N[C@@H](C)[C@H]2CCCO2)c(C)c1Br. The molecular formula is C14H22BrN3O2. The Bertz CT molecular complexity index is 481. The Balaban J connectivity index is 1.81. The van der Waals surface area contributed by atoms with Crippen molar-refractivity contribution < 1.29 is 9.53 Å². The second-order valence-corrected chi connectivity index (χ2v) is 6.16. The van der Waals surface area contributed by atoms with Gasteiger partial charge in [0, 0.05) is 18.7 Å². The molecule has 1 saturated heterocycles. The van der Waals surface area contributed by atoms with Crippen LogP contribution in [-0.2, 0) is 16.1 Å². The summed E-state index contributed by atoms with van der Waals surface area (Å²) in [4.78, 5) is 12.0. The number of aryl methyl sites for hydroxylation is 2. The zero-order valence-corrected chi connectivity index (χ0v) is 13.9. The van der Waals surface area contributed by atoms with Gasteiger partial charge in [-0.3, -0.25) is 9.48 Å². The summed E-state index contributed by atoms with van der Waals surface area (Å²) in [6, 6.07) is 0.0807. The Labute approximate surface area is 128 Å². The molecule has 0 unspecified atom stereocenters. The first-order chi connectivity index (χ1) is 9.49. The van der Waals surface area contributed by atoms with Gasteiger partial charge in [0.15, 0.2) is 0 Å². The average Bonchev–Trinajstić information content (AvgIpc) is 3.02. The molecule has 2 heterocycles. The average molecular weight is 344 g/mol. The van der Waals surface area contributed by atoms with Gasteiger partial charge in [0.05, 0.1) is 28.9 Å². The van der Waals surface area contributed by atoms with Crippen molar-refractivity contribution in [1.29, 1.82) is 0 Å². The van der Waals surface area contributed by atoms with E-state index in [1.807, 2.05) is 25.5 Å². The van der Waals surface area contributed by atoms with Gasteiger partial charge in [-0.1, -0.05) is 0 Å². The van der Waals surface area contributed by atoms with Crippen molar-refractivity contribution in [2.24, 2.45) is 0 Å². The minimum absolute atomic E-state index is 0.0525. The van der Waals surface area contributed by atoms with E-state index in [1.165, 1.54) is 0 Å². The third-order valence-electron chi connectivity index (χ3n) is 3.76. The molecule has 2 atom stereocenters. The summed E-state index contributed by atoms with van der Waals surface area (Å²) < 4.78 is 8.47. The van der Waals surface area contributed by atoms with Gasteiger partial charge in [-0.05, 0) is 49.5 Å². The van der Waals surface area contributed by atoms with Crippen molar-refractivity contribution >= 4 is 21.8 Å². The van der Waals surface area contributed by atoms with E-state index in [0.717, 1.165) is 35.3 Å². The molecule has 0 aliphatic carbocycles. The molecule has 0 spiro atoms. The number of carbonyl (C=O) groups is 1. The second kappa shape index (κ2) is 6.72. The molecule has 0 aromatic carbocycles. The first-order valence-electron chi connectivity index (χ1n) is 7.09. The maximum Gasteiger partial charge on any atom is 0.222 e. The van der Waals surface area contributed by atoms with Crippen LogP contribution in [0.3, 0.4) is 0 Å². The van der Waals surface area contributed by atoms with Gasteiger partial charge in [-0.2, -0.15) is 5.10 Å². The monoisotopic (exact) mass is 343 g/mol. The Kier molecular flexibility index (Phi) is 5.21. The molecule has 0 radical (unpaired) electrons. The maximum atomic E-state index is 12.0. The standard InChI is InChI=1S/C14H22BrN3O2/c1-9(12-5-4-8-20-12)16-13(19)6-7-18-11(3)14(15)10(2)17-18/h9,12H,4-8H2,1-3H3,(H,16,19)/t9-,12+/m0/s1. The van der Waals surface area contributed by atoms with E-state index >= 15 is 0 Å². The highest BCUT2D eigenvalue weighted by molar-refractivity contribution is 9.10. The summed E-state index contributed by atoms with van der Waals surface area (Å²) in [5, 5.41) is 7.42. The number of halogens is 1. The Hall–Kier alpha value is -0.880. The summed E-state index contributed by atoms with van der Waals surface area (Å²) in [5.74, 6) is 0.0525. The Morgan fingerprint density at radius 1 is 1.60 bits per heavy atom. The van der Waals surface area contributed by atoms with E-state index in [9.17, 15) is 4.79 Å². The summed E-state index contributed by atoms with van der Waals surface area (Å²) >= 11 is 3.49. The van der Waals surface area contributed by atoms with E-state index < -0.39 is 0 Å². The van der Waals surface area contributed by atoms with Crippen LogP contribution in [0.2, 0.25) is 0 Å². The van der Waals surface area contributed by atoms with Crippen molar-refractivity contribution in [3.05, 3.63) is 15.9 Å². The van der Waals surface area contributed by atoms with E-state index in [4.69, 9.17) is 4.74 Å². The lowest BCUT2D eigenvalue weighted by Crippen LogP contribution is -2.41. The minimum Gasteiger partial charge on any atom is -0.376 e. The highest BCUT2D eigenvalue weighted by Gasteiger charge is 2.23. The molecule has 2 rings (SSSR count). The molecule has 1 N–H and O–H groups in total. The fourth-order valence-electron chi connectivity index (χ4n) is 2.52. The number of carbonyl (C=O) groups excluding carboxylic acids is 1. The number of nitrogens with one attached hydrogen (secondary N) is 1. The summed E-state index contributed by atoms with van der Waals surface area (Å²) in [6.45, 7) is 7.37. The lowest BCUT2D eigenvalue weighted by atomic mass is 10.1. The van der Waals surface area contributed by atoms with Crippen LogP contribution in [-0.4, -0.2) is 34.4 Å². The first-order valence-corrected chi connectivity index (χ1v) is 7.89. The van der Waals surface area contributed by atoms with E-state index in [0.29, 0.717) is 13.0 Å². The van der Waals surface area contributed by atoms with Crippen LogP contribution in [0.5, 0.6) is 0 Å². The molecule has 1 fully saturated rings. The molecule has 1 amide bonds. The molecule has 0 bridgehead atoms. The lowest BCUT2D eigenvalue weighted by molar-refractivity contribution is -0.122. The topological polar surface area (TPSA) is 56.2 Å². The highest BCUT2D eigenvalue weighted by atomic mass is 79.9. The van der Waals surface area contributed by atoms with Crippen LogP contribution in [0.25, 0.3) is 0 Å².